The van der Waals surface area contributed by atoms with Crippen molar-refractivity contribution >= 4 is 21.8 Å². The molecule has 0 saturated heterocycles. The fourth-order valence-corrected chi connectivity index (χ4v) is 3.86. The number of ether oxygens (including phenoxy) is 5. The highest BCUT2D eigenvalue weighted by atomic mass is 32.2. The van der Waals surface area contributed by atoms with Gasteiger partial charge < -0.3 is 23.7 Å². The van der Waals surface area contributed by atoms with Crippen molar-refractivity contribution in [2.45, 2.75) is 38.5 Å². The summed E-state index contributed by atoms with van der Waals surface area (Å²) < 4.78 is 51.6. The number of rotatable bonds is 11. The summed E-state index contributed by atoms with van der Waals surface area (Å²) in [5.74, 6) is -0.301. The molecule has 0 bridgehead atoms. The zero-order chi connectivity index (χ0) is 24.8. The molecule has 0 N–H and O–H groups in total. The van der Waals surface area contributed by atoms with Crippen LogP contribution < -0.4 is 9.47 Å². The van der Waals surface area contributed by atoms with Gasteiger partial charge in [-0.2, -0.15) is 5.10 Å². The van der Waals surface area contributed by atoms with E-state index < -0.39 is 28.1 Å². The predicted molar refractivity (Wildman–Crippen MR) is 117 cm³/mol. The maximum atomic E-state index is 13.4. The predicted octanol–water partition coefficient (Wildman–Crippen LogP) is 2.38. The number of nitrogens with zero attached hydrogens (tertiary/aromatic N) is 2. The highest BCUT2D eigenvalue weighted by Gasteiger charge is 2.27. The van der Waals surface area contributed by atoms with Crippen molar-refractivity contribution < 1.29 is 41.7 Å². The van der Waals surface area contributed by atoms with Crippen LogP contribution in [0.1, 0.15) is 35.3 Å². The van der Waals surface area contributed by atoms with Crippen LogP contribution in [0.25, 0.3) is 0 Å². The molecule has 1 heterocycles. The number of methoxy groups -OCH3 is 2. The highest BCUT2D eigenvalue weighted by molar-refractivity contribution is 7.90. The molecule has 2 rings (SSSR count). The SMILES string of the molecule is CCn1ncc(C(=O)c2ccc(S(C)(=O)=O)c(OCCOC)c2C)c1O[C@@H](C)OC(=O)OC. The van der Waals surface area contributed by atoms with Crippen molar-refractivity contribution in [3.05, 3.63) is 35.0 Å². The van der Waals surface area contributed by atoms with Crippen LogP contribution >= 0.6 is 0 Å². The van der Waals surface area contributed by atoms with Gasteiger partial charge >= 0.3 is 6.16 Å². The summed E-state index contributed by atoms with van der Waals surface area (Å²) in [6.45, 7) is 5.57. The second kappa shape index (κ2) is 11.1. The third kappa shape index (κ3) is 6.23. The van der Waals surface area contributed by atoms with Gasteiger partial charge in [0, 0.05) is 38.0 Å². The number of hydrogen-bond donors (Lipinski definition) is 0. The number of carbonyl (C=O) groups is 2. The molecule has 0 aliphatic carbocycles. The monoisotopic (exact) mass is 484 g/mol. The molecule has 0 amide bonds. The second-order valence-corrected chi connectivity index (χ2v) is 8.93. The van der Waals surface area contributed by atoms with Gasteiger partial charge in [-0.05, 0) is 26.0 Å². The summed E-state index contributed by atoms with van der Waals surface area (Å²) in [6.07, 6.45) is 0.393. The molecule has 11 nitrogen and oxygen atoms in total. The first-order valence-electron chi connectivity index (χ1n) is 10.0. The van der Waals surface area contributed by atoms with Gasteiger partial charge in [-0.1, -0.05) is 0 Å². The number of aromatic nitrogens is 2. The Morgan fingerprint density at radius 2 is 1.85 bits per heavy atom. The summed E-state index contributed by atoms with van der Waals surface area (Å²) in [7, 11) is -0.963. The minimum absolute atomic E-state index is 0.0338. The number of benzene rings is 1. The van der Waals surface area contributed by atoms with E-state index in [2.05, 4.69) is 9.84 Å². The van der Waals surface area contributed by atoms with Crippen LogP contribution in [0.15, 0.2) is 23.2 Å². The van der Waals surface area contributed by atoms with E-state index in [0.29, 0.717) is 12.1 Å². The van der Waals surface area contributed by atoms with E-state index in [0.717, 1.165) is 13.4 Å². The molecule has 0 unspecified atom stereocenters. The first-order valence-corrected chi connectivity index (χ1v) is 11.9. The van der Waals surface area contributed by atoms with Crippen LogP contribution in [-0.2, 0) is 30.6 Å². The fourth-order valence-electron chi connectivity index (χ4n) is 3.00. The fraction of sp³-hybridized carbons (Fsp3) is 0.476. The molecule has 0 spiro atoms. The Morgan fingerprint density at radius 1 is 1.15 bits per heavy atom. The maximum Gasteiger partial charge on any atom is 0.511 e. The first kappa shape index (κ1) is 26.1. The van der Waals surface area contributed by atoms with Gasteiger partial charge in [-0.15, -0.1) is 0 Å². The van der Waals surface area contributed by atoms with E-state index in [1.165, 1.54) is 37.0 Å². The van der Waals surface area contributed by atoms with Gasteiger partial charge in [0.1, 0.15) is 22.8 Å². The van der Waals surface area contributed by atoms with E-state index in [9.17, 15) is 18.0 Å². The Hall–Kier alpha value is -3.12. The van der Waals surface area contributed by atoms with Gasteiger partial charge in [-0.25, -0.2) is 17.9 Å². The molecule has 0 radical (unpaired) electrons. The largest absolute Gasteiger partial charge is 0.511 e. The Kier molecular flexibility index (Phi) is 8.83. The number of aryl methyl sites for hydroxylation is 1. The lowest BCUT2D eigenvalue weighted by atomic mass is 10.00. The summed E-state index contributed by atoms with van der Waals surface area (Å²) in [4.78, 5) is 24.8. The van der Waals surface area contributed by atoms with Gasteiger partial charge in [0.25, 0.3) is 0 Å². The average Bonchev–Trinajstić information content (AvgIpc) is 3.15. The standard InChI is InChI=1S/C21H28N2O9S/c1-7-23-20(31-14(3)32-21(25)29-5)16(12-22-23)18(24)15-8-9-17(33(6,26)27)19(13(15)2)30-11-10-28-4/h8-9,12,14H,7,10-11H2,1-6H3/t14-/m1/s1. The highest BCUT2D eigenvalue weighted by Crippen LogP contribution is 2.33. The van der Waals surface area contributed by atoms with Crippen molar-refractivity contribution in [3.8, 4) is 11.6 Å². The lowest BCUT2D eigenvalue weighted by Gasteiger charge is -2.17. The van der Waals surface area contributed by atoms with E-state index in [4.69, 9.17) is 18.9 Å². The quantitative estimate of drug-likeness (QED) is 0.203. The van der Waals surface area contributed by atoms with E-state index in [-0.39, 0.29) is 40.9 Å². The molecule has 0 fully saturated rings. The third-order valence-electron chi connectivity index (χ3n) is 4.59. The van der Waals surface area contributed by atoms with Crippen LogP contribution in [0.3, 0.4) is 0 Å². The van der Waals surface area contributed by atoms with E-state index >= 15 is 0 Å². The number of ketones is 1. The normalized spacial score (nSPS) is 12.2. The Morgan fingerprint density at radius 3 is 2.42 bits per heavy atom. The van der Waals surface area contributed by atoms with Gasteiger partial charge in [-0.3, -0.25) is 4.79 Å². The Labute approximate surface area is 192 Å². The molecule has 0 aliphatic rings. The molecule has 0 aliphatic heterocycles. The maximum absolute atomic E-state index is 13.4. The van der Waals surface area contributed by atoms with Crippen molar-refractivity contribution in [2.24, 2.45) is 0 Å². The van der Waals surface area contributed by atoms with Crippen molar-refractivity contribution in [3.63, 3.8) is 0 Å². The van der Waals surface area contributed by atoms with E-state index in [1.807, 2.05) is 0 Å². The number of sulfone groups is 1. The topological polar surface area (TPSA) is 132 Å². The molecule has 182 valence electrons. The van der Waals surface area contributed by atoms with Crippen LogP contribution in [0, 0.1) is 6.92 Å². The minimum atomic E-state index is -3.62. The number of carbonyl (C=O) groups excluding carboxylic acids is 2. The summed E-state index contributed by atoms with van der Waals surface area (Å²) >= 11 is 0. The molecule has 12 heteroatoms. The molecule has 1 atom stereocenters. The zero-order valence-electron chi connectivity index (χ0n) is 19.4. The molecular formula is C21H28N2O9S. The lowest BCUT2D eigenvalue weighted by Crippen LogP contribution is -2.23. The average molecular weight is 485 g/mol. The smallest absolute Gasteiger partial charge is 0.490 e. The Balaban J connectivity index is 2.50. The molecule has 1 aromatic carbocycles. The summed E-state index contributed by atoms with van der Waals surface area (Å²) in [5, 5.41) is 4.16. The first-order chi connectivity index (χ1) is 15.5. The van der Waals surface area contributed by atoms with Crippen LogP contribution in [0.4, 0.5) is 4.79 Å². The van der Waals surface area contributed by atoms with Crippen LogP contribution in [0.2, 0.25) is 0 Å². The van der Waals surface area contributed by atoms with Gasteiger partial charge in [0.2, 0.25) is 12.2 Å². The zero-order valence-corrected chi connectivity index (χ0v) is 20.2. The summed E-state index contributed by atoms with van der Waals surface area (Å²) in [5.41, 5.74) is 0.653. The Bertz CT molecular complexity index is 1110. The second-order valence-electron chi connectivity index (χ2n) is 6.94. The molecular weight excluding hydrogens is 456 g/mol. The van der Waals surface area contributed by atoms with Crippen molar-refractivity contribution in [1.29, 1.82) is 0 Å². The third-order valence-corrected chi connectivity index (χ3v) is 5.71. The van der Waals surface area contributed by atoms with E-state index in [1.54, 1.807) is 13.8 Å². The van der Waals surface area contributed by atoms with Crippen LogP contribution in [-0.4, -0.2) is 70.1 Å². The van der Waals surface area contributed by atoms with Gasteiger partial charge in [0.15, 0.2) is 15.6 Å². The molecule has 0 saturated carbocycles. The van der Waals surface area contributed by atoms with Gasteiger partial charge in [0.05, 0.1) is 19.9 Å². The summed E-state index contributed by atoms with van der Waals surface area (Å²) in [6, 6.07) is 2.74. The number of hydrogen-bond acceptors (Lipinski definition) is 10. The minimum Gasteiger partial charge on any atom is -0.490 e. The molecule has 2 aromatic rings. The lowest BCUT2D eigenvalue weighted by molar-refractivity contribution is -0.0513. The van der Waals surface area contributed by atoms with Crippen molar-refractivity contribution in [2.75, 3.05) is 33.7 Å². The molecule has 1 aromatic heterocycles. The van der Waals surface area contributed by atoms with Crippen LogP contribution in [0.5, 0.6) is 11.6 Å². The van der Waals surface area contributed by atoms with Crippen molar-refractivity contribution in [1.82, 2.24) is 9.78 Å². The molecule has 33 heavy (non-hydrogen) atoms.